The average Bonchev–Trinajstić information content (AvgIpc) is 2.85. The third kappa shape index (κ3) is 6.66. The summed E-state index contributed by atoms with van der Waals surface area (Å²) in [5.41, 5.74) is 2.16. The molecule has 176 valence electrons. The van der Waals surface area contributed by atoms with Crippen LogP contribution in [0, 0.1) is 0 Å². The Hall–Kier alpha value is -3.68. The van der Waals surface area contributed by atoms with Crippen molar-refractivity contribution >= 4 is 21.6 Å². The van der Waals surface area contributed by atoms with E-state index in [0.717, 1.165) is 6.42 Å². The summed E-state index contributed by atoms with van der Waals surface area (Å²) in [7, 11) is -3.69. The minimum absolute atomic E-state index is 0.131. The lowest BCUT2D eigenvalue weighted by Gasteiger charge is -2.19. The number of hydrogen-bond donors (Lipinski definition) is 1. The number of benzene rings is 3. The smallest absolute Gasteiger partial charge is 0.255 e. The van der Waals surface area contributed by atoms with Gasteiger partial charge in [-0.15, -0.1) is 13.2 Å². The van der Waals surface area contributed by atoms with Crippen molar-refractivity contribution in [2.45, 2.75) is 11.3 Å². The molecule has 0 saturated heterocycles. The van der Waals surface area contributed by atoms with Crippen LogP contribution in [0.2, 0.25) is 0 Å². The Kier molecular flexibility index (Phi) is 8.79. The van der Waals surface area contributed by atoms with E-state index in [9.17, 15) is 13.2 Å². The van der Waals surface area contributed by atoms with Crippen LogP contribution in [0.15, 0.2) is 109 Å². The number of nitrogens with zero attached hydrogens (tertiary/aromatic N) is 1. The van der Waals surface area contributed by atoms with E-state index in [1.165, 1.54) is 34.2 Å². The largest absolute Gasteiger partial charge is 0.493 e. The maximum absolute atomic E-state index is 12.8. The summed E-state index contributed by atoms with van der Waals surface area (Å²) in [5.74, 6) is 0.386. The van der Waals surface area contributed by atoms with Gasteiger partial charge in [-0.2, -0.15) is 4.31 Å². The maximum atomic E-state index is 12.8. The Balaban J connectivity index is 1.57. The highest BCUT2D eigenvalue weighted by atomic mass is 32.2. The monoisotopic (exact) mass is 476 g/mol. The summed E-state index contributed by atoms with van der Waals surface area (Å²) in [6.45, 7) is 8.11. The van der Waals surface area contributed by atoms with Gasteiger partial charge in [0.2, 0.25) is 10.0 Å². The van der Waals surface area contributed by atoms with E-state index in [2.05, 4.69) is 30.6 Å². The van der Waals surface area contributed by atoms with Gasteiger partial charge in [-0.05, 0) is 54.1 Å². The number of amides is 1. The molecule has 0 aliphatic rings. The van der Waals surface area contributed by atoms with E-state index in [4.69, 9.17) is 4.74 Å². The van der Waals surface area contributed by atoms with Gasteiger partial charge in [-0.3, -0.25) is 4.79 Å². The van der Waals surface area contributed by atoms with Gasteiger partial charge >= 0.3 is 0 Å². The van der Waals surface area contributed by atoms with Crippen LogP contribution in [0.5, 0.6) is 5.75 Å². The molecule has 0 spiro atoms. The second-order valence-electron chi connectivity index (χ2n) is 7.49. The molecule has 1 N–H and O–H groups in total. The second kappa shape index (κ2) is 12.0. The van der Waals surface area contributed by atoms with E-state index in [-0.39, 0.29) is 23.9 Å². The number of rotatable bonds is 12. The molecule has 0 bridgehead atoms. The Labute approximate surface area is 201 Å². The zero-order chi connectivity index (χ0) is 24.4. The highest BCUT2D eigenvalue weighted by Crippen LogP contribution is 2.20. The van der Waals surface area contributed by atoms with Crippen LogP contribution >= 0.6 is 0 Å². The zero-order valence-corrected chi connectivity index (χ0v) is 19.7. The molecule has 34 heavy (non-hydrogen) atoms. The third-order valence-corrected chi connectivity index (χ3v) is 6.88. The normalized spacial score (nSPS) is 11.1. The maximum Gasteiger partial charge on any atom is 0.255 e. The van der Waals surface area contributed by atoms with Gasteiger partial charge in [0.25, 0.3) is 5.91 Å². The zero-order valence-electron chi connectivity index (χ0n) is 18.9. The van der Waals surface area contributed by atoms with Gasteiger partial charge in [0, 0.05) is 30.8 Å². The van der Waals surface area contributed by atoms with Gasteiger partial charge in [0.1, 0.15) is 5.75 Å². The van der Waals surface area contributed by atoms with Gasteiger partial charge in [0.05, 0.1) is 11.5 Å². The first-order chi connectivity index (χ1) is 16.4. The number of hydrogen-bond acceptors (Lipinski definition) is 4. The van der Waals surface area contributed by atoms with Crippen molar-refractivity contribution in [2.75, 3.05) is 25.0 Å². The fourth-order valence-corrected chi connectivity index (χ4v) is 4.64. The second-order valence-corrected chi connectivity index (χ2v) is 9.42. The molecule has 0 saturated carbocycles. The fraction of sp³-hybridized carbons (Fsp3) is 0.148. The van der Waals surface area contributed by atoms with E-state index in [1.54, 1.807) is 36.4 Å². The summed E-state index contributed by atoms with van der Waals surface area (Å²) >= 11 is 0. The third-order valence-electron chi connectivity index (χ3n) is 5.03. The molecule has 0 aromatic heterocycles. The summed E-state index contributed by atoms with van der Waals surface area (Å²) in [6, 6.07) is 23.0. The molecule has 0 aliphatic heterocycles. The van der Waals surface area contributed by atoms with Crippen LogP contribution in [0.4, 0.5) is 5.69 Å². The van der Waals surface area contributed by atoms with Crippen molar-refractivity contribution in [3.8, 4) is 5.75 Å². The number of ether oxygens (including phenoxy) is 1. The first kappa shape index (κ1) is 25.0. The first-order valence-electron chi connectivity index (χ1n) is 10.8. The van der Waals surface area contributed by atoms with Crippen LogP contribution < -0.4 is 10.1 Å². The van der Waals surface area contributed by atoms with Crippen LogP contribution in [0.25, 0.3) is 0 Å². The van der Waals surface area contributed by atoms with Crippen molar-refractivity contribution in [2.24, 2.45) is 0 Å². The Morgan fingerprint density at radius 2 is 1.50 bits per heavy atom. The average molecular weight is 477 g/mol. The standard InChI is InChI=1S/C27H28N2O4S/c1-3-19-29(20-4-2)34(31,32)26-16-12-24(13-17-26)28-27(30)23-10-14-25(15-11-23)33-21-18-22-8-6-5-7-9-22/h3-17H,1-2,18-21H2,(H,28,30). The minimum atomic E-state index is -3.69. The summed E-state index contributed by atoms with van der Waals surface area (Å²) < 4.78 is 32.6. The molecule has 0 atom stereocenters. The SMILES string of the molecule is C=CCN(CC=C)S(=O)(=O)c1ccc(NC(=O)c2ccc(OCCc3ccccc3)cc2)cc1. The van der Waals surface area contributed by atoms with Gasteiger partial charge in [0.15, 0.2) is 0 Å². The number of sulfonamides is 1. The van der Waals surface area contributed by atoms with Gasteiger partial charge < -0.3 is 10.1 Å². The number of anilines is 1. The minimum Gasteiger partial charge on any atom is -0.493 e. The topological polar surface area (TPSA) is 75.7 Å². The summed E-state index contributed by atoms with van der Waals surface area (Å²) in [6.07, 6.45) is 3.85. The van der Waals surface area contributed by atoms with Crippen molar-refractivity contribution in [1.29, 1.82) is 0 Å². The Morgan fingerprint density at radius 3 is 2.09 bits per heavy atom. The van der Waals surface area contributed by atoms with Crippen molar-refractivity contribution in [1.82, 2.24) is 4.31 Å². The van der Waals surface area contributed by atoms with E-state index in [0.29, 0.717) is 23.6 Å². The highest BCUT2D eigenvalue weighted by molar-refractivity contribution is 7.89. The predicted octanol–water partition coefficient (Wildman–Crippen LogP) is 4.92. The van der Waals surface area contributed by atoms with Crippen LogP contribution in [-0.4, -0.2) is 38.3 Å². The molecule has 3 aromatic rings. The predicted molar refractivity (Wildman–Crippen MR) is 136 cm³/mol. The lowest BCUT2D eigenvalue weighted by atomic mass is 10.2. The lowest BCUT2D eigenvalue weighted by Crippen LogP contribution is -2.31. The fourth-order valence-electron chi connectivity index (χ4n) is 3.26. The van der Waals surface area contributed by atoms with E-state index in [1.807, 2.05) is 18.2 Å². The Bertz CT molecular complexity index is 1200. The van der Waals surface area contributed by atoms with Crippen molar-refractivity contribution < 1.29 is 17.9 Å². The molecule has 0 aliphatic carbocycles. The molecule has 3 rings (SSSR count). The molecule has 0 fully saturated rings. The molecule has 0 heterocycles. The van der Waals surface area contributed by atoms with Crippen molar-refractivity contribution in [3.63, 3.8) is 0 Å². The van der Waals surface area contributed by atoms with Crippen molar-refractivity contribution in [3.05, 3.63) is 115 Å². The molecule has 0 unspecified atom stereocenters. The van der Waals surface area contributed by atoms with Crippen LogP contribution in [-0.2, 0) is 16.4 Å². The van der Waals surface area contributed by atoms with Crippen LogP contribution in [0.1, 0.15) is 15.9 Å². The van der Waals surface area contributed by atoms with Crippen LogP contribution in [0.3, 0.4) is 0 Å². The molecular weight excluding hydrogens is 448 g/mol. The quantitative estimate of drug-likeness (QED) is 0.377. The molecule has 6 nitrogen and oxygen atoms in total. The molecular formula is C27H28N2O4S. The molecule has 7 heteroatoms. The first-order valence-corrected chi connectivity index (χ1v) is 12.3. The van der Waals surface area contributed by atoms with E-state index >= 15 is 0 Å². The number of carbonyl (C=O) groups excluding carboxylic acids is 1. The summed E-state index contributed by atoms with van der Waals surface area (Å²) in [5, 5.41) is 2.78. The Morgan fingerprint density at radius 1 is 0.882 bits per heavy atom. The van der Waals surface area contributed by atoms with Gasteiger partial charge in [-0.25, -0.2) is 8.42 Å². The van der Waals surface area contributed by atoms with Gasteiger partial charge in [-0.1, -0.05) is 42.5 Å². The molecule has 1 amide bonds. The van der Waals surface area contributed by atoms with E-state index < -0.39 is 10.0 Å². The molecule has 0 radical (unpaired) electrons. The molecule has 3 aromatic carbocycles. The lowest BCUT2D eigenvalue weighted by molar-refractivity contribution is 0.102. The highest BCUT2D eigenvalue weighted by Gasteiger charge is 2.22. The number of carbonyl (C=O) groups is 1. The summed E-state index contributed by atoms with van der Waals surface area (Å²) in [4.78, 5) is 12.7. The number of nitrogens with one attached hydrogen (secondary N) is 1.